The van der Waals surface area contributed by atoms with Crippen LogP contribution < -0.4 is 0 Å². The molecule has 0 radical (unpaired) electrons. The maximum atomic E-state index is 10.2. The van der Waals surface area contributed by atoms with E-state index >= 15 is 0 Å². The Kier molecular flexibility index (Phi) is 3.87. The van der Waals surface area contributed by atoms with E-state index in [4.69, 9.17) is 10.2 Å². The van der Waals surface area contributed by atoms with E-state index in [2.05, 4.69) is 12.6 Å². The second-order valence-electron chi connectivity index (χ2n) is 1.82. The van der Waals surface area contributed by atoms with Gasteiger partial charge in [-0.3, -0.25) is 9.59 Å². The third kappa shape index (κ3) is 3.34. The van der Waals surface area contributed by atoms with Crippen LogP contribution in [0.1, 0.15) is 6.42 Å². The molecule has 0 aromatic heterocycles. The fourth-order valence-corrected chi connectivity index (χ4v) is 0.726. The molecular weight excluding hydrogens is 156 g/mol. The lowest BCUT2D eigenvalue weighted by Gasteiger charge is -2.03. The van der Waals surface area contributed by atoms with E-state index in [1.54, 1.807) is 0 Å². The highest BCUT2D eigenvalue weighted by Crippen LogP contribution is 2.04. The lowest BCUT2D eigenvalue weighted by Crippen LogP contribution is -2.18. The van der Waals surface area contributed by atoms with Crippen LogP contribution in [0.5, 0.6) is 0 Å². The minimum atomic E-state index is -1.11. The molecule has 0 rings (SSSR count). The topological polar surface area (TPSA) is 74.6 Å². The normalized spacial score (nSPS) is 12.5. The Morgan fingerprint density at radius 2 is 1.90 bits per heavy atom. The molecular formula is C5H8O4S. The van der Waals surface area contributed by atoms with Gasteiger partial charge in [0.25, 0.3) is 0 Å². The van der Waals surface area contributed by atoms with Crippen molar-refractivity contribution < 1.29 is 19.8 Å². The standard InChI is InChI=1S/C5H8O4S/c6-4(7)1-3(2-10)5(8)9/h3,10H,1-2H2,(H,6,7)(H,8,9)/t3-/m0/s1. The largest absolute Gasteiger partial charge is 0.481 e. The Bertz CT molecular complexity index is 145. The first-order chi connectivity index (χ1) is 4.57. The van der Waals surface area contributed by atoms with Crippen molar-refractivity contribution in [3.63, 3.8) is 0 Å². The first-order valence-electron chi connectivity index (χ1n) is 2.63. The van der Waals surface area contributed by atoms with Crippen molar-refractivity contribution in [2.75, 3.05) is 5.75 Å². The van der Waals surface area contributed by atoms with E-state index in [1.807, 2.05) is 0 Å². The van der Waals surface area contributed by atoms with E-state index in [-0.39, 0.29) is 12.2 Å². The minimum Gasteiger partial charge on any atom is -0.481 e. The van der Waals surface area contributed by atoms with Crippen LogP contribution in [0, 0.1) is 5.92 Å². The van der Waals surface area contributed by atoms with Gasteiger partial charge >= 0.3 is 11.9 Å². The van der Waals surface area contributed by atoms with E-state index in [9.17, 15) is 9.59 Å². The Labute approximate surface area is 63.3 Å². The number of hydrogen-bond acceptors (Lipinski definition) is 3. The second kappa shape index (κ2) is 4.16. The lowest BCUT2D eigenvalue weighted by atomic mass is 10.1. The molecule has 0 unspecified atom stereocenters. The molecule has 1 atom stereocenters. The molecule has 0 aliphatic rings. The Morgan fingerprint density at radius 1 is 1.40 bits per heavy atom. The Balaban J connectivity index is 3.83. The summed E-state index contributed by atoms with van der Waals surface area (Å²) in [4.78, 5) is 20.1. The molecule has 58 valence electrons. The second-order valence-corrected chi connectivity index (χ2v) is 2.18. The lowest BCUT2D eigenvalue weighted by molar-refractivity contribution is -0.147. The highest BCUT2D eigenvalue weighted by molar-refractivity contribution is 7.80. The van der Waals surface area contributed by atoms with E-state index in [1.165, 1.54) is 0 Å². The number of carbonyl (C=O) groups is 2. The van der Waals surface area contributed by atoms with Crippen molar-refractivity contribution in [2.24, 2.45) is 5.92 Å². The van der Waals surface area contributed by atoms with Gasteiger partial charge in [0.15, 0.2) is 0 Å². The van der Waals surface area contributed by atoms with Crippen molar-refractivity contribution >= 4 is 24.6 Å². The molecule has 0 aromatic rings. The SMILES string of the molecule is O=C(O)C[C@@H](CS)C(=O)O. The van der Waals surface area contributed by atoms with Gasteiger partial charge in [0, 0.05) is 5.75 Å². The molecule has 0 bridgehead atoms. The zero-order valence-electron chi connectivity index (χ0n) is 5.15. The summed E-state index contributed by atoms with van der Waals surface area (Å²) in [6, 6.07) is 0. The monoisotopic (exact) mass is 164 g/mol. The molecule has 0 amide bonds. The summed E-state index contributed by atoms with van der Waals surface area (Å²) in [7, 11) is 0. The molecule has 0 aliphatic carbocycles. The molecule has 0 fully saturated rings. The van der Waals surface area contributed by atoms with Crippen LogP contribution in [0.2, 0.25) is 0 Å². The maximum absolute atomic E-state index is 10.2. The van der Waals surface area contributed by atoms with Gasteiger partial charge in [-0.1, -0.05) is 0 Å². The zero-order valence-corrected chi connectivity index (χ0v) is 6.04. The third-order valence-corrected chi connectivity index (χ3v) is 1.43. The van der Waals surface area contributed by atoms with Gasteiger partial charge in [-0.05, 0) is 0 Å². The van der Waals surface area contributed by atoms with Crippen LogP contribution >= 0.6 is 12.6 Å². The number of aliphatic carboxylic acids is 2. The van der Waals surface area contributed by atoms with E-state index in [0.29, 0.717) is 0 Å². The van der Waals surface area contributed by atoms with Crippen molar-refractivity contribution in [3.05, 3.63) is 0 Å². The van der Waals surface area contributed by atoms with Crippen LogP contribution in [-0.2, 0) is 9.59 Å². The van der Waals surface area contributed by atoms with Crippen LogP contribution in [0.15, 0.2) is 0 Å². The average Bonchev–Trinajstić information content (AvgIpc) is 1.81. The predicted molar refractivity (Wildman–Crippen MR) is 37.2 cm³/mol. The number of hydrogen-bond donors (Lipinski definition) is 3. The number of carboxylic acids is 2. The van der Waals surface area contributed by atoms with Gasteiger partial charge in [-0.2, -0.15) is 12.6 Å². The summed E-state index contributed by atoms with van der Waals surface area (Å²) in [5.41, 5.74) is 0. The van der Waals surface area contributed by atoms with Gasteiger partial charge in [0.1, 0.15) is 0 Å². The zero-order chi connectivity index (χ0) is 8.15. The molecule has 2 N–H and O–H groups in total. The average molecular weight is 164 g/mol. The fraction of sp³-hybridized carbons (Fsp3) is 0.600. The maximum Gasteiger partial charge on any atom is 0.307 e. The van der Waals surface area contributed by atoms with Gasteiger partial charge in [-0.25, -0.2) is 0 Å². The summed E-state index contributed by atoms with van der Waals surface area (Å²) in [6.07, 6.45) is -0.362. The molecule has 4 nitrogen and oxygen atoms in total. The third-order valence-electron chi connectivity index (χ3n) is 0.991. The summed E-state index contributed by atoms with van der Waals surface area (Å²) in [5.74, 6) is -3.04. The van der Waals surface area contributed by atoms with Crippen LogP contribution in [0.3, 0.4) is 0 Å². The Hall–Kier alpha value is -0.710. The molecule has 0 heterocycles. The van der Waals surface area contributed by atoms with Crippen LogP contribution in [0.4, 0.5) is 0 Å². The van der Waals surface area contributed by atoms with E-state index < -0.39 is 17.9 Å². The van der Waals surface area contributed by atoms with Gasteiger partial charge in [0.05, 0.1) is 12.3 Å². The smallest absolute Gasteiger partial charge is 0.307 e. The number of rotatable bonds is 4. The van der Waals surface area contributed by atoms with Crippen molar-refractivity contribution in [2.45, 2.75) is 6.42 Å². The highest BCUT2D eigenvalue weighted by Gasteiger charge is 2.18. The van der Waals surface area contributed by atoms with Gasteiger partial charge in [0.2, 0.25) is 0 Å². The number of carboxylic acid groups (broad SMARTS) is 2. The quantitative estimate of drug-likeness (QED) is 0.515. The van der Waals surface area contributed by atoms with Crippen LogP contribution in [0.25, 0.3) is 0 Å². The predicted octanol–water partition coefficient (Wildman–Crippen LogP) is 0.0917. The first kappa shape index (κ1) is 9.29. The molecule has 0 aliphatic heterocycles. The summed E-state index contributed by atoms with van der Waals surface area (Å²) in [6.45, 7) is 0. The van der Waals surface area contributed by atoms with Gasteiger partial charge in [-0.15, -0.1) is 0 Å². The molecule has 0 saturated heterocycles. The molecule has 0 saturated carbocycles. The molecule has 0 aromatic carbocycles. The molecule has 10 heavy (non-hydrogen) atoms. The van der Waals surface area contributed by atoms with Crippen molar-refractivity contribution in [1.29, 1.82) is 0 Å². The molecule has 0 spiro atoms. The minimum absolute atomic E-state index is 0.0572. The fourth-order valence-electron chi connectivity index (χ4n) is 0.441. The molecule has 5 heteroatoms. The number of thiol groups is 1. The van der Waals surface area contributed by atoms with E-state index in [0.717, 1.165) is 0 Å². The summed E-state index contributed by atoms with van der Waals surface area (Å²) < 4.78 is 0. The van der Waals surface area contributed by atoms with Crippen molar-refractivity contribution in [3.8, 4) is 0 Å². The van der Waals surface area contributed by atoms with Crippen molar-refractivity contribution in [1.82, 2.24) is 0 Å². The Morgan fingerprint density at radius 3 is 2.00 bits per heavy atom. The highest BCUT2D eigenvalue weighted by atomic mass is 32.1. The van der Waals surface area contributed by atoms with Gasteiger partial charge < -0.3 is 10.2 Å². The summed E-state index contributed by atoms with van der Waals surface area (Å²) in [5, 5.41) is 16.5. The van der Waals surface area contributed by atoms with Crippen LogP contribution in [-0.4, -0.2) is 27.9 Å². The summed E-state index contributed by atoms with van der Waals surface area (Å²) >= 11 is 3.69. The first-order valence-corrected chi connectivity index (χ1v) is 3.26.